The van der Waals surface area contributed by atoms with Gasteiger partial charge >= 0.3 is 0 Å². The van der Waals surface area contributed by atoms with Gasteiger partial charge in [0.1, 0.15) is 17.2 Å². The Hall–Kier alpha value is -0.570. The Balaban J connectivity index is 2.80. The van der Waals surface area contributed by atoms with Gasteiger partial charge in [0.05, 0.1) is 0 Å². The lowest BCUT2D eigenvalue weighted by Crippen LogP contribution is -1.82. The molecule has 0 atom stereocenters. The number of hydrogen-bond acceptors (Lipinski definition) is 2. The second kappa shape index (κ2) is 3.56. The van der Waals surface area contributed by atoms with Crippen LogP contribution >= 0.6 is 12.1 Å². The molecular formula is C7H8FNS. The average Bonchev–Trinajstić information content (AvgIpc) is 2.05. The zero-order valence-corrected chi connectivity index (χ0v) is 6.49. The van der Waals surface area contributed by atoms with E-state index >= 15 is 0 Å². The van der Waals surface area contributed by atoms with Gasteiger partial charge in [-0.15, -0.1) is 0 Å². The van der Waals surface area contributed by atoms with Crippen LogP contribution in [0, 0.1) is 0 Å². The lowest BCUT2D eigenvalue weighted by Gasteiger charge is -1.94. The highest BCUT2D eigenvalue weighted by Crippen LogP contribution is 2.15. The first-order valence-electron chi connectivity index (χ1n) is 3.10. The molecule has 0 saturated carbocycles. The van der Waals surface area contributed by atoms with Gasteiger partial charge in [-0.25, -0.2) is 4.98 Å². The predicted octanol–water partition coefficient (Wildman–Crippen LogP) is 2.62. The van der Waals surface area contributed by atoms with E-state index in [9.17, 15) is 3.89 Å². The van der Waals surface area contributed by atoms with E-state index in [1.807, 2.05) is 13.0 Å². The van der Waals surface area contributed by atoms with Gasteiger partial charge in [0.2, 0.25) is 0 Å². The van der Waals surface area contributed by atoms with E-state index in [1.54, 1.807) is 12.3 Å². The standard InChI is InChI=1S/C7H8FNS/c1-2-6-3-4-7(10-8)9-5-6/h3-5H,2H2,1H3. The van der Waals surface area contributed by atoms with E-state index in [4.69, 9.17) is 0 Å². The highest BCUT2D eigenvalue weighted by molar-refractivity contribution is 7.94. The maximum Gasteiger partial charge on any atom is 0.129 e. The van der Waals surface area contributed by atoms with Gasteiger partial charge in [-0.05, 0) is 18.1 Å². The van der Waals surface area contributed by atoms with Gasteiger partial charge in [-0.1, -0.05) is 13.0 Å². The Kier molecular flexibility index (Phi) is 2.68. The molecule has 3 heteroatoms. The van der Waals surface area contributed by atoms with Crippen molar-refractivity contribution in [2.75, 3.05) is 0 Å². The summed E-state index contributed by atoms with van der Waals surface area (Å²) in [6.07, 6.45) is 2.64. The number of aryl methyl sites for hydroxylation is 1. The highest BCUT2D eigenvalue weighted by Gasteiger charge is 1.92. The Morgan fingerprint density at radius 1 is 1.60 bits per heavy atom. The van der Waals surface area contributed by atoms with Crippen LogP contribution in [0.2, 0.25) is 0 Å². The third kappa shape index (κ3) is 1.70. The van der Waals surface area contributed by atoms with Gasteiger partial charge in [-0.3, -0.25) is 0 Å². The van der Waals surface area contributed by atoms with Gasteiger partial charge in [0.15, 0.2) is 0 Å². The average molecular weight is 157 g/mol. The van der Waals surface area contributed by atoms with Crippen LogP contribution in [0.15, 0.2) is 23.4 Å². The maximum absolute atomic E-state index is 11.8. The molecule has 0 fully saturated rings. The number of hydrogen-bond donors (Lipinski definition) is 0. The molecule has 0 N–H and O–H groups in total. The van der Waals surface area contributed by atoms with E-state index in [-0.39, 0.29) is 12.1 Å². The van der Waals surface area contributed by atoms with Crippen molar-refractivity contribution < 1.29 is 3.89 Å². The SMILES string of the molecule is CCc1ccc(SF)nc1. The van der Waals surface area contributed by atoms with Crippen molar-refractivity contribution in [2.45, 2.75) is 18.4 Å². The van der Waals surface area contributed by atoms with Crippen molar-refractivity contribution in [3.63, 3.8) is 0 Å². The first-order valence-corrected chi connectivity index (χ1v) is 3.82. The summed E-state index contributed by atoms with van der Waals surface area (Å²) in [6.45, 7) is 2.04. The summed E-state index contributed by atoms with van der Waals surface area (Å²) >= 11 is 0.177. The molecule has 1 aromatic rings. The van der Waals surface area contributed by atoms with Gasteiger partial charge in [-0.2, -0.15) is 3.89 Å². The molecule has 1 heterocycles. The molecule has 0 unspecified atom stereocenters. The minimum atomic E-state index is 0.177. The van der Waals surface area contributed by atoms with Crippen LogP contribution < -0.4 is 0 Å². The zero-order chi connectivity index (χ0) is 7.40. The summed E-state index contributed by atoms with van der Waals surface area (Å²) in [7, 11) is 0. The summed E-state index contributed by atoms with van der Waals surface area (Å²) < 4.78 is 11.8. The molecule has 0 saturated heterocycles. The van der Waals surface area contributed by atoms with Crippen LogP contribution in [0.3, 0.4) is 0 Å². The summed E-state index contributed by atoms with van der Waals surface area (Å²) in [4.78, 5) is 3.86. The molecular weight excluding hydrogens is 149 g/mol. The molecule has 0 radical (unpaired) electrons. The number of nitrogens with zero attached hydrogens (tertiary/aromatic N) is 1. The molecule has 1 aromatic heterocycles. The smallest absolute Gasteiger partial charge is 0.129 e. The predicted molar refractivity (Wildman–Crippen MR) is 40.6 cm³/mol. The van der Waals surface area contributed by atoms with Gasteiger partial charge < -0.3 is 0 Å². The van der Waals surface area contributed by atoms with Crippen LogP contribution in [-0.2, 0) is 6.42 Å². The monoisotopic (exact) mass is 157 g/mol. The first kappa shape index (κ1) is 7.54. The lowest BCUT2D eigenvalue weighted by atomic mass is 10.2. The second-order valence-corrected chi connectivity index (χ2v) is 2.51. The molecule has 0 bridgehead atoms. The fraction of sp³-hybridized carbons (Fsp3) is 0.286. The summed E-state index contributed by atoms with van der Waals surface area (Å²) in [5.74, 6) is 0. The summed E-state index contributed by atoms with van der Waals surface area (Å²) in [5.41, 5.74) is 1.14. The van der Waals surface area contributed by atoms with E-state index in [0.29, 0.717) is 5.03 Å². The Bertz CT molecular complexity index is 174. The fourth-order valence-electron chi connectivity index (χ4n) is 0.666. The van der Waals surface area contributed by atoms with Gasteiger partial charge in [0.25, 0.3) is 0 Å². The van der Waals surface area contributed by atoms with Gasteiger partial charge in [0, 0.05) is 6.20 Å². The van der Waals surface area contributed by atoms with Crippen LogP contribution in [0.1, 0.15) is 12.5 Å². The van der Waals surface area contributed by atoms with E-state index in [1.165, 1.54) is 0 Å². The Morgan fingerprint density at radius 3 is 2.80 bits per heavy atom. The second-order valence-electron chi connectivity index (χ2n) is 1.94. The van der Waals surface area contributed by atoms with Crippen molar-refractivity contribution in [3.05, 3.63) is 23.9 Å². The molecule has 10 heavy (non-hydrogen) atoms. The van der Waals surface area contributed by atoms with Crippen LogP contribution in [0.25, 0.3) is 0 Å². The zero-order valence-electron chi connectivity index (χ0n) is 5.67. The minimum absolute atomic E-state index is 0.177. The Labute approximate surface area is 64.0 Å². The van der Waals surface area contributed by atoms with Crippen molar-refractivity contribution in [3.8, 4) is 0 Å². The number of halogens is 1. The summed E-state index contributed by atoms with van der Waals surface area (Å²) in [6, 6.07) is 3.57. The third-order valence-electron chi connectivity index (χ3n) is 1.28. The third-order valence-corrected chi connectivity index (χ3v) is 1.68. The van der Waals surface area contributed by atoms with E-state index in [2.05, 4.69) is 4.98 Å². The van der Waals surface area contributed by atoms with Crippen molar-refractivity contribution >= 4 is 12.1 Å². The molecule has 0 aromatic carbocycles. The molecule has 0 aliphatic heterocycles. The van der Waals surface area contributed by atoms with Crippen LogP contribution in [0.4, 0.5) is 3.89 Å². The normalized spacial score (nSPS) is 9.80. The minimum Gasteiger partial charge on any atom is -0.247 e. The maximum atomic E-state index is 11.8. The molecule has 0 amide bonds. The largest absolute Gasteiger partial charge is 0.247 e. The topological polar surface area (TPSA) is 12.9 Å². The lowest BCUT2D eigenvalue weighted by molar-refractivity contribution is 0.915. The number of rotatable bonds is 2. The molecule has 0 aliphatic rings. The number of pyridine rings is 1. The fourth-order valence-corrected chi connectivity index (χ4v) is 0.878. The Morgan fingerprint density at radius 2 is 2.40 bits per heavy atom. The number of aromatic nitrogens is 1. The van der Waals surface area contributed by atoms with Crippen LogP contribution in [0.5, 0.6) is 0 Å². The van der Waals surface area contributed by atoms with Crippen molar-refractivity contribution in [2.24, 2.45) is 0 Å². The molecule has 1 rings (SSSR count). The van der Waals surface area contributed by atoms with Crippen molar-refractivity contribution in [1.82, 2.24) is 4.98 Å². The molecule has 1 nitrogen and oxygen atoms in total. The quantitative estimate of drug-likeness (QED) is 0.654. The van der Waals surface area contributed by atoms with Crippen LogP contribution in [-0.4, -0.2) is 4.98 Å². The highest BCUT2D eigenvalue weighted by atomic mass is 32.2. The molecule has 0 spiro atoms. The molecule has 0 aliphatic carbocycles. The molecule has 54 valence electrons. The van der Waals surface area contributed by atoms with Crippen molar-refractivity contribution in [1.29, 1.82) is 0 Å². The van der Waals surface area contributed by atoms with E-state index in [0.717, 1.165) is 12.0 Å². The first-order chi connectivity index (χ1) is 4.86. The summed E-state index contributed by atoms with van der Waals surface area (Å²) in [5, 5.41) is 0.428. The van der Waals surface area contributed by atoms with E-state index < -0.39 is 0 Å².